The zero-order chi connectivity index (χ0) is 19.9. The standard InChI is InChI=1S/C23H28N2O3/c1-17(2)18-8-10-19(11-9-18)23(27)25-14-12-20(13-15-25)24-22(26)16-28-21-6-4-3-5-7-21/h3-11,17,20H,12-16H2,1-2H3,(H,24,26). The minimum atomic E-state index is -0.127. The van der Waals surface area contributed by atoms with E-state index in [0.29, 0.717) is 24.8 Å². The minimum absolute atomic E-state index is 0.00532. The normalized spacial score (nSPS) is 14.8. The maximum Gasteiger partial charge on any atom is 0.258 e. The van der Waals surface area contributed by atoms with E-state index in [1.165, 1.54) is 5.56 Å². The molecule has 0 atom stereocenters. The van der Waals surface area contributed by atoms with Gasteiger partial charge in [0.2, 0.25) is 0 Å². The minimum Gasteiger partial charge on any atom is -0.484 e. The molecule has 2 aromatic rings. The molecule has 28 heavy (non-hydrogen) atoms. The molecule has 0 saturated carbocycles. The predicted molar refractivity (Wildman–Crippen MR) is 110 cm³/mol. The lowest BCUT2D eigenvalue weighted by Crippen LogP contribution is -2.47. The van der Waals surface area contributed by atoms with E-state index >= 15 is 0 Å². The number of amides is 2. The molecule has 1 fully saturated rings. The van der Waals surface area contributed by atoms with Crippen LogP contribution in [0.3, 0.4) is 0 Å². The van der Waals surface area contributed by atoms with Crippen molar-refractivity contribution < 1.29 is 14.3 Å². The van der Waals surface area contributed by atoms with Gasteiger partial charge in [0.15, 0.2) is 6.61 Å². The molecule has 3 rings (SSSR count). The average molecular weight is 380 g/mol. The second-order valence-electron chi connectivity index (χ2n) is 7.51. The monoisotopic (exact) mass is 380 g/mol. The molecular weight excluding hydrogens is 352 g/mol. The van der Waals surface area contributed by atoms with Gasteiger partial charge in [-0.25, -0.2) is 0 Å². The summed E-state index contributed by atoms with van der Waals surface area (Å²) in [7, 11) is 0. The molecule has 1 aliphatic heterocycles. The van der Waals surface area contributed by atoms with Crippen LogP contribution in [0.2, 0.25) is 0 Å². The summed E-state index contributed by atoms with van der Waals surface area (Å²) in [6.45, 7) is 5.58. The molecule has 2 amide bonds. The summed E-state index contributed by atoms with van der Waals surface area (Å²) >= 11 is 0. The van der Waals surface area contributed by atoms with Crippen LogP contribution in [0.1, 0.15) is 48.5 Å². The number of nitrogens with one attached hydrogen (secondary N) is 1. The van der Waals surface area contributed by atoms with E-state index in [9.17, 15) is 9.59 Å². The summed E-state index contributed by atoms with van der Waals surface area (Å²) in [5.74, 6) is 1.07. The van der Waals surface area contributed by atoms with E-state index < -0.39 is 0 Å². The summed E-state index contributed by atoms with van der Waals surface area (Å²) in [4.78, 5) is 26.6. The fourth-order valence-electron chi connectivity index (χ4n) is 3.36. The number of para-hydroxylation sites is 1. The van der Waals surface area contributed by atoms with E-state index in [1.807, 2.05) is 59.5 Å². The molecule has 0 spiro atoms. The molecule has 5 nitrogen and oxygen atoms in total. The predicted octanol–water partition coefficient (Wildman–Crippen LogP) is 3.61. The first-order valence-corrected chi connectivity index (χ1v) is 9.89. The fraction of sp³-hybridized carbons (Fsp3) is 0.391. The molecular formula is C23H28N2O3. The van der Waals surface area contributed by atoms with Gasteiger partial charge < -0.3 is 15.0 Å². The number of likely N-dealkylation sites (tertiary alicyclic amines) is 1. The zero-order valence-electron chi connectivity index (χ0n) is 16.6. The van der Waals surface area contributed by atoms with Crippen molar-refractivity contribution in [3.8, 4) is 5.75 Å². The third-order valence-corrected chi connectivity index (χ3v) is 5.08. The Labute approximate surface area is 166 Å². The van der Waals surface area contributed by atoms with E-state index in [2.05, 4.69) is 19.2 Å². The Morgan fingerprint density at radius 3 is 2.29 bits per heavy atom. The number of rotatable bonds is 6. The van der Waals surface area contributed by atoms with Crippen molar-refractivity contribution in [2.75, 3.05) is 19.7 Å². The van der Waals surface area contributed by atoms with Crippen LogP contribution in [0, 0.1) is 0 Å². The van der Waals surface area contributed by atoms with Gasteiger partial charge in [-0.15, -0.1) is 0 Å². The topological polar surface area (TPSA) is 58.6 Å². The smallest absolute Gasteiger partial charge is 0.258 e. The van der Waals surface area contributed by atoms with Crippen molar-refractivity contribution in [2.45, 2.75) is 38.6 Å². The van der Waals surface area contributed by atoms with Crippen molar-refractivity contribution in [1.82, 2.24) is 10.2 Å². The van der Waals surface area contributed by atoms with E-state index in [1.54, 1.807) is 0 Å². The second kappa shape index (κ2) is 9.40. The summed E-state index contributed by atoms with van der Waals surface area (Å²) in [5, 5.41) is 3.01. The van der Waals surface area contributed by atoms with Crippen LogP contribution >= 0.6 is 0 Å². The van der Waals surface area contributed by atoms with Crippen molar-refractivity contribution in [3.05, 3.63) is 65.7 Å². The Morgan fingerprint density at radius 2 is 1.68 bits per heavy atom. The SMILES string of the molecule is CC(C)c1ccc(C(=O)N2CCC(NC(=O)COc3ccccc3)CC2)cc1. The van der Waals surface area contributed by atoms with Crippen molar-refractivity contribution >= 4 is 11.8 Å². The van der Waals surface area contributed by atoms with Gasteiger partial charge in [-0.2, -0.15) is 0 Å². The molecule has 1 aliphatic rings. The molecule has 148 valence electrons. The highest BCUT2D eigenvalue weighted by atomic mass is 16.5. The van der Waals surface area contributed by atoms with Crippen LogP contribution < -0.4 is 10.1 Å². The molecule has 1 heterocycles. The van der Waals surface area contributed by atoms with Crippen molar-refractivity contribution in [2.24, 2.45) is 0 Å². The van der Waals surface area contributed by atoms with Crippen LogP contribution in [0.4, 0.5) is 0 Å². The summed E-state index contributed by atoms with van der Waals surface area (Å²) < 4.78 is 5.48. The molecule has 0 radical (unpaired) electrons. The largest absolute Gasteiger partial charge is 0.484 e. The van der Waals surface area contributed by atoms with Crippen LogP contribution in [0.25, 0.3) is 0 Å². The third-order valence-electron chi connectivity index (χ3n) is 5.08. The van der Waals surface area contributed by atoms with E-state index in [4.69, 9.17) is 4.74 Å². The summed E-state index contributed by atoms with van der Waals surface area (Å²) in [6, 6.07) is 17.2. The molecule has 0 aromatic heterocycles. The highest BCUT2D eigenvalue weighted by molar-refractivity contribution is 5.94. The lowest BCUT2D eigenvalue weighted by molar-refractivity contribution is -0.124. The maximum absolute atomic E-state index is 12.7. The Bertz CT molecular complexity index is 779. The summed E-state index contributed by atoms with van der Waals surface area (Å²) in [6.07, 6.45) is 1.51. The lowest BCUT2D eigenvalue weighted by atomic mass is 10.0. The van der Waals surface area contributed by atoms with Gasteiger partial charge in [0.25, 0.3) is 11.8 Å². The molecule has 2 aromatic carbocycles. The molecule has 1 N–H and O–H groups in total. The van der Waals surface area contributed by atoms with E-state index in [0.717, 1.165) is 18.4 Å². The lowest BCUT2D eigenvalue weighted by Gasteiger charge is -2.32. The Morgan fingerprint density at radius 1 is 1.04 bits per heavy atom. The molecule has 1 saturated heterocycles. The first-order valence-electron chi connectivity index (χ1n) is 9.89. The van der Waals surface area contributed by atoms with Gasteiger partial charge in [-0.1, -0.05) is 44.2 Å². The van der Waals surface area contributed by atoms with Crippen molar-refractivity contribution in [1.29, 1.82) is 0 Å². The molecule has 0 bridgehead atoms. The third kappa shape index (κ3) is 5.35. The number of ether oxygens (including phenoxy) is 1. The van der Waals surface area contributed by atoms with Gasteiger partial charge in [0.05, 0.1) is 0 Å². The van der Waals surface area contributed by atoms with Gasteiger partial charge in [0, 0.05) is 24.7 Å². The summed E-state index contributed by atoms with van der Waals surface area (Å²) in [5.41, 5.74) is 1.96. The maximum atomic E-state index is 12.7. The Kier molecular flexibility index (Phi) is 6.69. The fourth-order valence-corrected chi connectivity index (χ4v) is 3.36. The van der Waals surface area contributed by atoms with Gasteiger partial charge in [-0.3, -0.25) is 9.59 Å². The number of carbonyl (C=O) groups is 2. The van der Waals surface area contributed by atoms with Crippen LogP contribution in [-0.2, 0) is 4.79 Å². The molecule has 5 heteroatoms. The highest BCUT2D eigenvalue weighted by Crippen LogP contribution is 2.18. The van der Waals surface area contributed by atoms with Gasteiger partial charge >= 0.3 is 0 Å². The van der Waals surface area contributed by atoms with Crippen LogP contribution in [-0.4, -0.2) is 42.5 Å². The van der Waals surface area contributed by atoms with Crippen LogP contribution in [0.15, 0.2) is 54.6 Å². The van der Waals surface area contributed by atoms with Crippen molar-refractivity contribution in [3.63, 3.8) is 0 Å². The number of benzene rings is 2. The van der Waals surface area contributed by atoms with Gasteiger partial charge in [-0.05, 0) is 48.6 Å². The van der Waals surface area contributed by atoms with Gasteiger partial charge in [0.1, 0.15) is 5.75 Å². The number of hydrogen-bond donors (Lipinski definition) is 1. The number of piperidine rings is 1. The molecule has 0 unspecified atom stereocenters. The second-order valence-corrected chi connectivity index (χ2v) is 7.51. The highest BCUT2D eigenvalue weighted by Gasteiger charge is 2.24. The number of nitrogens with zero attached hydrogens (tertiary/aromatic N) is 1. The number of carbonyl (C=O) groups excluding carboxylic acids is 2. The first-order chi connectivity index (χ1) is 13.5. The molecule has 0 aliphatic carbocycles. The first kappa shape index (κ1) is 19.9. The quantitative estimate of drug-likeness (QED) is 0.833. The Hall–Kier alpha value is -2.82. The Balaban J connectivity index is 1.43. The van der Waals surface area contributed by atoms with Crippen LogP contribution in [0.5, 0.6) is 5.75 Å². The number of hydrogen-bond acceptors (Lipinski definition) is 3. The average Bonchev–Trinajstić information content (AvgIpc) is 2.73. The zero-order valence-corrected chi connectivity index (χ0v) is 16.6. The van der Waals surface area contributed by atoms with E-state index in [-0.39, 0.29) is 24.5 Å².